The number of halogens is 2. The molecule has 0 aliphatic carbocycles. The van der Waals surface area contributed by atoms with Gasteiger partial charge in [0, 0.05) is 13.1 Å². The van der Waals surface area contributed by atoms with Gasteiger partial charge in [0.1, 0.15) is 0 Å². The minimum absolute atomic E-state index is 0.0931. The van der Waals surface area contributed by atoms with Crippen LogP contribution in [0.1, 0.15) is 6.92 Å². The summed E-state index contributed by atoms with van der Waals surface area (Å²) in [6.07, 6.45) is 0. The monoisotopic (exact) mass is 195 g/mol. The lowest BCUT2D eigenvalue weighted by molar-refractivity contribution is -0.176. The third-order valence-electron chi connectivity index (χ3n) is 1.86. The molecular formula is C7H11F2NO3. The van der Waals surface area contributed by atoms with Crippen LogP contribution in [0.15, 0.2) is 0 Å². The van der Waals surface area contributed by atoms with Gasteiger partial charge >= 0.3 is 11.9 Å². The zero-order valence-corrected chi connectivity index (χ0v) is 7.13. The summed E-state index contributed by atoms with van der Waals surface area (Å²) < 4.78 is 25.1. The Kier molecular flexibility index (Phi) is 2.29. The summed E-state index contributed by atoms with van der Waals surface area (Å²) in [6, 6.07) is 0. The van der Waals surface area contributed by atoms with Crippen molar-refractivity contribution >= 4 is 5.97 Å². The fourth-order valence-corrected chi connectivity index (χ4v) is 1.38. The summed E-state index contributed by atoms with van der Waals surface area (Å²) in [7, 11) is 0. The minimum atomic E-state index is -3.73. The number of rotatable bonds is 3. The van der Waals surface area contributed by atoms with Gasteiger partial charge in [-0.05, 0) is 6.92 Å². The number of hydrogen-bond donors (Lipinski definition) is 2. The van der Waals surface area contributed by atoms with E-state index in [0.29, 0.717) is 0 Å². The summed E-state index contributed by atoms with van der Waals surface area (Å²) >= 11 is 0. The molecule has 0 amide bonds. The van der Waals surface area contributed by atoms with E-state index in [-0.39, 0.29) is 13.1 Å². The van der Waals surface area contributed by atoms with Crippen LogP contribution >= 0.6 is 0 Å². The average molecular weight is 195 g/mol. The summed E-state index contributed by atoms with van der Waals surface area (Å²) in [5, 5.41) is 17.3. The third kappa shape index (κ3) is 2.35. The van der Waals surface area contributed by atoms with Crippen molar-refractivity contribution in [2.45, 2.75) is 18.4 Å². The topological polar surface area (TPSA) is 60.8 Å². The summed E-state index contributed by atoms with van der Waals surface area (Å²) in [5.74, 6) is -5.85. The van der Waals surface area contributed by atoms with Crippen LogP contribution in [-0.2, 0) is 4.79 Å². The Balaban J connectivity index is 2.40. The number of carbonyl (C=O) groups is 1. The number of β-amino-alcohol motifs (C(OH)–C–C–N with tert-alkyl or cyclic N) is 1. The summed E-state index contributed by atoms with van der Waals surface area (Å²) in [6.45, 7) is 0.868. The van der Waals surface area contributed by atoms with Crippen molar-refractivity contribution in [3.8, 4) is 0 Å². The number of hydrogen-bond acceptors (Lipinski definition) is 3. The molecule has 0 aromatic heterocycles. The molecule has 0 aromatic carbocycles. The first kappa shape index (κ1) is 10.3. The van der Waals surface area contributed by atoms with Crippen LogP contribution in [-0.4, -0.2) is 52.2 Å². The lowest BCUT2D eigenvalue weighted by Gasteiger charge is -2.44. The molecule has 0 bridgehead atoms. The summed E-state index contributed by atoms with van der Waals surface area (Å²) in [5.41, 5.74) is -0.950. The van der Waals surface area contributed by atoms with Gasteiger partial charge in [-0.3, -0.25) is 4.90 Å². The van der Waals surface area contributed by atoms with Crippen molar-refractivity contribution in [2.75, 3.05) is 19.6 Å². The van der Waals surface area contributed by atoms with Crippen LogP contribution in [0.4, 0.5) is 8.78 Å². The van der Waals surface area contributed by atoms with E-state index < -0.39 is 24.0 Å². The van der Waals surface area contributed by atoms with Crippen LogP contribution in [0.5, 0.6) is 0 Å². The molecule has 1 fully saturated rings. The van der Waals surface area contributed by atoms with Gasteiger partial charge < -0.3 is 10.2 Å². The smallest absolute Gasteiger partial charge is 0.375 e. The molecule has 6 heteroatoms. The number of aliphatic hydroxyl groups is 1. The molecule has 1 heterocycles. The zero-order chi connectivity index (χ0) is 10.3. The van der Waals surface area contributed by atoms with E-state index in [9.17, 15) is 18.7 Å². The number of alkyl halides is 2. The number of aliphatic carboxylic acids is 1. The molecule has 0 aromatic rings. The maximum Gasteiger partial charge on any atom is 0.375 e. The molecule has 0 atom stereocenters. The van der Waals surface area contributed by atoms with Gasteiger partial charge in [-0.25, -0.2) is 4.79 Å². The van der Waals surface area contributed by atoms with Gasteiger partial charge in [-0.1, -0.05) is 0 Å². The second kappa shape index (κ2) is 2.88. The number of carboxylic acids is 1. The molecule has 0 unspecified atom stereocenters. The third-order valence-corrected chi connectivity index (χ3v) is 1.86. The maximum absolute atomic E-state index is 12.5. The molecule has 0 radical (unpaired) electrons. The molecule has 76 valence electrons. The van der Waals surface area contributed by atoms with Gasteiger partial charge in [-0.2, -0.15) is 8.78 Å². The van der Waals surface area contributed by atoms with E-state index in [1.165, 1.54) is 11.8 Å². The van der Waals surface area contributed by atoms with Crippen LogP contribution in [0, 0.1) is 0 Å². The second-order valence-electron chi connectivity index (χ2n) is 3.65. The van der Waals surface area contributed by atoms with E-state index >= 15 is 0 Å². The van der Waals surface area contributed by atoms with E-state index in [1.54, 1.807) is 0 Å². The lowest BCUT2D eigenvalue weighted by atomic mass is 9.96. The normalized spacial score (nSPS) is 22.5. The van der Waals surface area contributed by atoms with Crippen molar-refractivity contribution in [1.29, 1.82) is 0 Å². The summed E-state index contributed by atoms with van der Waals surface area (Å²) in [4.78, 5) is 11.2. The molecule has 13 heavy (non-hydrogen) atoms. The Labute approximate surface area is 73.8 Å². The fourth-order valence-electron chi connectivity index (χ4n) is 1.38. The second-order valence-corrected chi connectivity index (χ2v) is 3.65. The molecule has 1 aliphatic heterocycles. The molecular weight excluding hydrogens is 184 g/mol. The highest BCUT2D eigenvalue weighted by molar-refractivity contribution is 5.75. The van der Waals surface area contributed by atoms with E-state index in [1.807, 2.05) is 0 Å². The molecule has 0 spiro atoms. The average Bonchev–Trinajstić information content (AvgIpc) is 1.81. The molecule has 1 aliphatic rings. The Bertz CT molecular complexity index is 222. The van der Waals surface area contributed by atoms with E-state index in [2.05, 4.69) is 0 Å². The van der Waals surface area contributed by atoms with E-state index in [4.69, 9.17) is 5.11 Å². The highest BCUT2D eigenvalue weighted by Crippen LogP contribution is 2.24. The zero-order valence-electron chi connectivity index (χ0n) is 7.13. The van der Waals surface area contributed by atoms with Gasteiger partial charge in [-0.15, -0.1) is 0 Å². The van der Waals surface area contributed by atoms with Gasteiger partial charge in [0.2, 0.25) is 0 Å². The largest absolute Gasteiger partial charge is 0.477 e. The quantitative estimate of drug-likeness (QED) is 0.653. The highest BCUT2D eigenvalue weighted by Gasteiger charge is 2.46. The Morgan fingerprint density at radius 2 is 2.08 bits per heavy atom. The molecule has 1 rings (SSSR count). The number of carboxylic acid groups (broad SMARTS) is 1. The van der Waals surface area contributed by atoms with Gasteiger partial charge in [0.25, 0.3) is 0 Å². The van der Waals surface area contributed by atoms with Crippen LogP contribution in [0.2, 0.25) is 0 Å². The van der Waals surface area contributed by atoms with Crippen LogP contribution < -0.4 is 0 Å². The predicted octanol–water partition coefficient (Wildman–Crippen LogP) is -0.227. The number of likely N-dealkylation sites (tertiary alicyclic amines) is 1. The Morgan fingerprint density at radius 1 is 1.62 bits per heavy atom. The van der Waals surface area contributed by atoms with Gasteiger partial charge in [0.15, 0.2) is 0 Å². The van der Waals surface area contributed by atoms with Crippen molar-refractivity contribution in [3.63, 3.8) is 0 Å². The molecule has 0 saturated carbocycles. The van der Waals surface area contributed by atoms with Crippen molar-refractivity contribution in [3.05, 3.63) is 0 Å². The van der Waals surface area contributed by atoms with Crippen molar-refractivity contribution in [1.82, 2.24) is 4.90 Å². The van der Waals surface area contributed by atoms with Crippen molar-refractivity contribution in [2.24, 2.45) is 0 Å². The van der Waals surface area contributed by atoms with E-state index in [0.717, 1.165) is 0 Å². The highest BCUT2D eigenvalue weighted by atomic mass is 19.3. The van der Waals surface area contributed by atoms with Crippen LogP contribution in [0.25, 0.3) is 0 Å². The number of nitrogens with zero attached hydrogens (tertiary/aromatic N) is 1. The van der Waals surface area contributed by atoms with Crippen molar-refractivity contribution < 1.29 is 23.8 Å². The first-order valence-corrected chi connectivity index (χ1v) is 3.79. The molecule has 1 saturated heterocycles. The molecule has 4 nitrogen and oxygen atoms in total. The lowest BCUT2D eigenvalue weighted by Crippen LogP contribution is -2.62. The Hall–Kier alpha value is -0.750. The standard InChI is InChI=1S/C7H11F2NO3/c1-6(13)2-10(3-6)4-7(8,9)5(11)12/h13H,2-4H2,1H3,(H,11,12). The fraction of sp³-hybridized carbons (Fsp3) is 0.857. The Morgan fingerprint density at radius 3 is 2.38 bits per heavy atom. The maximum atomic E-state index is 12.5. The predicted molar refractivity (Wildman–Crippen MR) is 39.6 cm³/mol. The van der Waals surface area contributed by atoms with Gasteiger partial charge in [0.05, 0.1) is 12.1 Å². The SMILES string of the molecule is CC1(O)CN(CC(F)(F)C(=O)O)C1. The first-order chi connectivity index (χ1) is 5.73. The minimum Gasteiger partial charge on any atom is -0.477 e. The van der Waals surface area contributed by atoms with Crippen LogP contribution in [0.3, 0.4) is 0 Å². The first-order valence-electron chi connectivity index (χ1n) is 3.79. The molecule has 2 N–H and O–H groups in total.